The van der Waals surface area contributed by atoms with E-state index in [9.17, 15) is 13.2 Å². The van der Waals surface area contributed by atoms with Crippen LogP contribution in [0.2, 0.25) is 0 Å². The molecule has 0 aliphatic heterocycles. The number of amides is 1. The predicted octanol–water partition coefficient (Wildman–Crippen LogP) is 5.00. The molecule has 0 aliphatic carbocycles. The van der Waals surface area contributed by atoms with E-state index < -0.39 is 14.8 Å². The van der Waals surface area contributed by atoms with Crippen molar-refractivity contribution in [3.63, 3.8) is 0 Å². The lowest BCUT2D eigenvalue weighted by atomic mass is 10.1. The van der Waals surface area contributed by atoms with Crippen molar-refractivity contribution in [2.24, 2.45) is 0 Å². The molecule has 0 saturated heterocycles. The number of hydrogen-bond acceptors (Lipinski definition) is 4. The van der Waals surface area contributed by atoms with Gasteiger partial charge in [0.1, 0.15) is 0 Å². The topological polar surface area (TPSA) is 75.3 Å². The van der Waals surface area contributed by atoms with Gasteiger partial charge in [-0.3, -0.25) is 9.52 Å². The van der Waals surface area contributed by atoms with E-state index in [4.69, 9.17) is 0 Å². The minimum Gasteiger partial charge on any atom is -0.322 e. The van der Waals surface area contributed by atoms with Crippen LogP contribution in [-0.4, -0.2) is 19.1 Å². The lowest BCUT2D eigenvalue weighted by Crippen LogP contribution is -2.33. The molecular weight excluding hydrogens is 380 g/mol. The Balaban J connectivity index is 1.76. The number of thiophene rings is 1. The molecule has 142 valence electrons. The Bertz CT molecular complexity index is 1090. The maximum Gasteiger partial charge on any atom is 0.255 e. The lowest BCUT2D eigenvalue weighted by molar-refractivity contribution is 0.102. The van der Waals surface area contributed by atoms with Crippen LogP contribution >= 0.6 is 11.3 Å². The van der Waals surface area contributed by atoms with Gasteiger partial charge < -0.3 is 5.32 Å². The smallest absolute Gasteiger partial charge is 0.255 e. The summed E-state index contributed by atoms with van der Waals surface area (Å²) in [6.07, 6.45) is 0. The van der Waals surface area contributed by atoms with Crippen molar-refractivity contribution in [3.05, 3.63) is 59.0 Å². The van der Waals surface area contributed by atoms with Gasteiger partial charge in [-0.05, 0) is 80.4 Å². The number of aryl methyl sites for hydroxylation is 1. The van der Waals surface area contributed by atoms with Crippen LogP contribution in [0.3, 0.4) is 0 Å². The van der Waals surface area contributed by atoms with Gasteiger partial charge in [-0.25, -0.2) is 8.42 Å². The average molecular weight is 403 g/mol. The quantitative estimate of drug-likeness (QED) is 0.645. The summed E-state index contributed by atoms with van der Waals surface area (Å²) in [6.45, 7) is 6.87. The van der Waals surface area contributed by atoms with Crippen LogP contribution in [0.15, 0.2) is 47.8 Å². The predicted molar refractivity (Wildman–Crippen MR) is 113 cm³/mol. The zero-order valence-corrected chi connectivity index (χ0v) is 17.3. The van der Waals surface area contributed by atoms with Crippen LogP contribution in [0.4, 0.5) is 11.4 Å². The average Bonchev–Trinajstić information content (AvgIpc) is 3.06. The second kappa shape index (κ2) is 6.98. The molecule has 3 aromatic rings. The highest BCUT2D eigenvalue weighted by Crippen LogP contribution is 2.30. The molecule has 0 saturated carbocycles. The van der Waals surface area contributed by atoms with Crippen molar-refractivity contribution in [2.45, 2.75) is 32.4 Å². The highest BCUT2D eigenvalue weighted by molar-refractivity contribution is 7.94. The molecule has 0 bridgehead atoms. The van der Waals surface area contributed by atoms with Crippen molar-refractivity contribution in [3.8, 4) is 0 Å². The van der Waals surface area contributed by atoms with E-state index in [1.54, 1.807) is 56.4 Å². The Morgan fingerprint density at radius 2 is 1.67 bits per heavy atom. The summed E-state index contributed by atoms with van der Waals surface area (Å²) in [5.74, 6) is -0.237. The first-order chi connectivity index (χ1) is 12.6. The Labute approximate surface area is 163 Å². The first-order valence-corrected chi connectivity index (χ1v) is 10.9. The van der Waals surface area contributed by atoms with Gasteiger partial charge in [0.2, 0.25) is 10.0 Å². The molecule has 0 spiro atoms. The van der Waals surface area contributed by atoms with Crippen molar-refractivity contribution in [1.82, 2.24) is 0 Å². The molecule has 0 aliphatic rings. The number of fused-ring (bicyclic) bond motifs is 1. The number of hydrogen-bond donors (Lipinski definition) is 2. The fourth-order valence-electron chi connectivity index (χ4n) is 2.50. The minimum atomic E-state index is -3.50. The fourth-order valence-corrected chi connectivity index (χ4v) is 4.17. The van der Waals surface area contributed by atoms with E-state index in [-0.39, 0.29) is 5.91 Å². The second-order valence-electron chi connectivity index (χ2n) is 7.33. The third kappa shape index (κ3) is 3.99. The van der Waals surface area contributed by atoms with Gasteiger partial charge in [0, 0.05) is 21.6 Å². The van der Waals surface area contributed by atoms with Gasteiger partial charge in [-0.15, -0.1) is 11.3 Å². The van der Waals surface area contributed by atoms with Gasteiger partial charge in [-0.1, -0.05) is 6.07 Å². The fraction of sp³-hybridized carbons (Fsp3) is 0.250. The van der Waals surface area contributed by atoms with Crippen LogP contribution in [0.1, 0.15) is 36.7 Å². The van der Waals surface area contributed by atoms with Crippen LogP contribution in [0, 0.1) is 6.92 Å². The molecule has 27 heavy (non-hydrogen) atoms. The summed E-state index contributed by atoms with van der Waals surface area (Å²) in [7, 11) is -3.50. The maximum absolute atomic E-state index is 12.6. The summed E-state index contributed by atoms with van der Waals surface area (Å²) in [5.41, 5.74) is 2.69. The molecule has 0 radical (unpaired) electrons. The zero-order chi connectivity index (χ0) is 19.8. The third-order valence-corrected chi connectivity index (χ3v) is 7.49. The normalized spacial score (nSPS) is 12.1. The second-order valence-corrected chi connectivity index (χ2v) is 10.7. The SMILES string of the molecule is Cc1c(NC(=O)c2ccc(NS(=O)(=O)C(C)(C)C)cc2)ccc2ccsc12. The van der Waals surface area contributed by atoms with Gasteiger partial charge >= 0.3 is 0 Å². The monoisotopic (exact) mass is 402 g/mol. The summed E-state index contributed by atoms with van der Waals surface area (Å²) in [6, 6.07) is 12.3. The highest BCUT2D eigenvalue weighted by atomic mass is 32.2. The summed E-state index contributed by atoms with van der Waals surface area (Å²) < 4.78 is 27.2. The number of nitrogens with one attached hydrogen (secondary N) is 2. The van der Waals surface area contributed by atoms with Crippen molar-refractivity contribution < 1.29 is 13.2 Å². The van der Waals surface area contributed by atoms with Crippen LogP contribution in [0.5, 0.6) is 0 Å². The maximum atomic E-state index is 12.6. The number of anilines is 2. The molecule has 1 heterocycles. The Hall–Kier alpha value is -2.38. The summed E-state index contributed by atoms with van der Waals surface area (Å²) >= 11 is 1.64. The Morgan fingerprint density at radius 1 is 1.00 bits per heavy atom. The van der Waals surface area contributed by atoms with Crippen LogP contribution in [-0.2, 0) is 10.0 Å². The van der Waals surface area contributed by atoms with Crippen LogP contribution in [0.25, 0.3) is 10.1 Å². The number of benzene rings is 2. The third-order valence-electron chi connectivity index (χ3n) is 4.32. The molecule has 5 nitrogen and oxygen atoms in total. The van der Waals surface area contributed by atoms with E-state index in [1.165, 1.54) is 0 Å². The Morgan fingerprint density at radius 3 is 2.30 bits per heavy atom. The van der Waals surface area contributed by atoms with E-state index in [2.05, 4.69) is 16.1 Å². The lowest BCUT2D eigenvalue weighted by Gasteiger charge is -2.20. The van der Waals surface area contributed by atoms with E-state index >= 15 is 0 Å². The summed E-state index contributed by atoms with van der Waals surface area (Å²) in [5, 5.41) is 6.12. The van der Waals surface area contributed by atoms with E-state index in [1.807, 2.05) is 24.4 Å². The highest BCUT2D eigenvalue weighted by Gasteiger charge is 2.28. The molecule has 2 N–H and O–H groups in total. The summed E-state index contributed by atoms with van der Waals surface area (Å²) in [4.78, 5) is 12.6. The molecule has 1 aromatic heterocycles. The van der Waals surface area contributed by atoms with Gasteiger partial charge in [0.15, 0.2) is 0 Å². The van der Waals surface area contributed by atoms with Crippen LogP contribution < -0.4 is 10.0 Å². The molecule has 7 heteroatoms. The van der Waals surface area contributed by atoms with Crippen molar-refractivity contribution in [2.75, 3.05) is 10.0 Å². The molecular formula is C20H22N2O3S2. The molecule has 0 unspecified atom stereocenters. The number of carbonyl (C=O) groups excluding carboxylic acids is 1. The molecule has 2 aromatic carbocycles. The van der Waals surface area contributed by atoms with E-state index in [0.717, 1.165) is 21.3 Å². The molecule has 0 atom stereocenters. The standard InChI is InChI=1S/C20H22N2O3S2/c1-13-17(10-7-14-11-12-26-18(13)14)21-19(23)15-5-8-16(9-6-15)22-27(24,25)20(2,3)4/h5-12,22H,1-4H3,(H,21,23). The zero-order valence-electron chi connectivity index (χ0n) is 15.7. The minimum absolute atomic E-state index is 0.237. The molecule has 0 fully saturated rings. The van der Waals surface area contributed by atoms with Gasteiger partial charge in [-0.2, -0.15) is 0 Å². The van der Waals surface area contributed by atoms with Gasteiger partial charge in [0.05, 0.1) is 4.75 Å². The molecule has 1 amide bonds. The number of sulfonamides is 1. The number of rotatable bonds is 4. The van der Waals surface area contributed by atoms with Crippen molar-refractivity contribution >= 4 is 48.7 Å². The number of carbonyl (C=O) groups is 1. The van der Waals surface area contributed by atoms with Crippen molar-refractivity contribution in [1.29, 1.82) is 0 Å². The van der Waals surface area contributed by atoms with E-state index in [0.29, 0.717) is 11.3 Å². The molecule has 3 rings (SSSR count). The first-order valence-electron chi connectivity index (χ1n) is 8.49. The largest absolute Gasteiger partial charge is 0.322 e. The first kappa shape index (κ1) is 19.4. The van der Waals surface area contributed by atoms with Gasteiger partial charge in [0.25, 0.3) is 5.91 Å². The Kier molecular flexibility index (Phi) is 5.01.